The van der Waals surface area contributed by atoms with Gasteiger partial charge in [0.15, 0.2) is 5.41 Å². The van der Waals surface area contributed by atoms with Gasteiger partial charge in [0.25, 0.3) is 0 Å². The molecule has 1 aromatic rings. The predicted octanol–water partition coefficient (Wildman–Crippen LogP) is 1.51. The van der Waals surface area contributed by atoms with Crippen LogP contribution in [0.3, 0.4) is 0 Å². The molecule has 0 N–H and O–H groups in total. The summed E-state index contributed by atoms with van der Waals surface area (Å²) >= 11 is 0. The average Bonchev–Trinajstić information content (AvgIpc) is 2.44. The SMILES string of the molecule is COC(=O)C1(C(=O)OC)CCc2ccccc2C1. The van der Waals surface area contributed by atoms with Crippen LogP contribution in [0.25, 0.3) is 0 Å². The maximum absolute atomic E-state index is 12.0. The molecule has 18 heavy (non-hydrogen) atoms. The Morgan fingerprint density at radius 3 is 2.17 bits per heavy atom. The number of hydrogen-bond donors (Lipinski definition) is 0. The minimum atomic E-state index is -1.18. The Morgan fingerprint density at radius 1 is 1.06 bits per heavy atom. The van der Waals surface area contributed by atoms with Crippen molar-refractivity contribution >= 4 is 11.9 Å². The topological polar surface area (TPSA) is 52.6 Å². The van der Waals surface area contributed by atoms with Crippen LogP contribution >= 0.6 is 0 Å². The highest BCUT2D eigenvalue weighted by Crippen LogP contribution is 2.37. The van der Waals surface area contributed by atoms with Crippen LogP contribution in [0.4, 0.5) is 0 Å². The molecule has 96 valence electrons. The molecule has 0 amide bonds. The van der Waals surface area contributed by atoms with Gasteiger partial charge in [0.1, 0.15) is 0 Å². The maximum atomic E-state index is 12.0. The highest BCUT2D eigenvalue weighted by Gasteiger charge is 2.50. The molecule has 1 aromatic carbocycles. The Kier molecular flexibility index (Phi) is 3.36. The van der Waals surface area contributed by atoms with E-state index in [1.165, 1.54) is 19.8 Å². The number of ether oxygens (including phenoxy) is 2. The van der Waals surface area contributed by atoms with Gasteiger partial charge in [-0.05, 0) is 30.4 Å². The zero-order chi connectivity index (χ0) is 13.2. The smallest absolute Gasteiger partial charge is 0.323 e. The summed E-state index contributed by atoms with van der Waals surface area (Å²) in [5.41, 5.74) is 1.01. The van der Waals surface area contributed by atoms with Crippen LogP contribution in [0.2, 0.25) is 0 Å². The molecule has 0 heterocycles. The third-order valence-electron chi connectivity index (χ3n) is 3.58. The first-order chi connectivity index (χ1) is 8.64. The number of benzene rings is 1. The lowest BCUT2D eigenvalue weighted by molar-refractivity contribution is -0.170. The fraction of sp³-hybridized carbons (Fsp3) is 0.429. The van der Waals surface area contributed by atoms with Crippen molar-refractivity contribution in [1.29, 1.82) is 0 Å². The molecular weight excluding hydrogens is 232 g/mol. The molecule has 2 rings (SSSR count). The van der Waals surface area contributed by atoms with Crippen molar-refractivity contribution in [3.05, 3.63) is 35.4 Å². The van der Waals surface area contributed by atoms with E-state index in [9.17, 15) is 9.59 Å². The Hall–Kier alpha value is -1.84. The van der Waals surface area contributed by atoms with E-state index in [4.69, 9.17) is 9.47 Å². The number of aryl methyl sites for hydroxylation is 1. The third kappa shape index (κ3) is 1.88. The van der Waals surface area contributed by atoms with Crippen LogP contribution in [0.1, 0.15) is 17.5 Å². The monoisotopic (exact) mass is 248 g/mol. The van der Waals surface area contributed by atoms with Crippen molar-refractivity contribution in [2.24, 2.45) is 5.41 Å². The number of fused-ring (bicyclic) bond motifs is 1. The van der Waals surface area contributed by atoms with Gasteiger partial charge >= 0.3 is 11.9 Å². The van der Waals surface area contributed by atoms with E-state index >= 15 is 0 Å². The van der Waals surface area contributed by atoms with Crippen LogP contribution in [-0.2, 0) is 31.9 Å². The number of esters is 2. The number of hydrogen-bond acceptors (Lipinski definition) is 4. The molecule has 0 unspecified atom stereocenters. The van der Waals surface area contributed by atoms with Crippen LogP contribution in [0.5, 0.6) is 0 Å². The largest absolute Gasteiger partial charge is 0.468 e. The maximum Gasteiger partial charge on any atom is 0.323 e. The first kappa shape index (κ1) is 12.6. The number of carbonyl (C=O) groups is 2. The highest BCUT2D eigenvalue weighted by molar-refractivity contribution is 6.00. The molecule has 0 radical (unpaired) electrons. The van der Waals surface area contributed by atoms with Gasteiger partial charge in [0.05, 0.1) is 14.2 Å². The second-order valence-corrected chi connectivity index (χ2v) is 4.51. The summed E-state index contributed by atoms with van der Waals surface area (Å²) in [6.07, 6.45) is 1.46. The Bertz CT molecular complexity index is 462. The summed E-state index contributed by atoms with van der Waals surface area (Å²) in [5, 5.41) is 0. The lowest BCUT2D eigenvalue weighted by atomic mass is 9.71. The molecule has 4 heteroatoms. The lowest BCUT2D eigenvalue weighted by Gasteiger charge is -2.32. The molecular formula is C14H16O4. The molecule has 0 fully saturated rings. The van der Waals surface area contributed by atoms with Crippen molar-refractivity contribution in [2.75, 3.05) is 14.2 Å². The molecule has 4 nitrogen and oxygen atoms in total. The molecule has 0 aliphatic heterocycles. The molecule has 0 bridgehead atoms. The summed E-state index contributed by atoms with van der Waals surface area (Å²) in [4.78, 5) is 24.0. The molecule has 0 saturated heterocycles. The van der Waals surface area contributed by atoms with Crippen LogP contribution in [0.15, 0.2) is 24.3 Å². The van der Waals surface area contributed by atoms with Gasteiger partial charge in [-0.3, -0.25) is 9.59 Å². The van der Waals surface area contributed by atoms with Gasteiger partial charge in [0, 0.05) is 0 Å². The molecule has 0 aromatic heterocycles. The lowest BCUT2D eigenvalue weighted by Crippen LogP contribution is -2.45. The Balaban J connectivity index is 2.41. The predicted molar refractivity (Wildman–Crippen MR) is 64.9 cm³/mol. The highest BCUT2D eigenvalue weighted by atomic mass is 16.5. The summed E-state index contributed by atoms with van der Waals surface area (Å²) in [7, 11) is 2.60. The first-order valence-corrected chi connectivity index (χ1v) is 5.87. The normalized spacial score (nSPS) is 16.6. The summed E-state index contributed by atoms with van der Waals surface area (Å²) in [6.45, 7) is 0. The van der Waals surface area contributed by atoms with E-state index in [1.807, 2.05) is 24.3 Å². The third-order valence-corrected chi connectivity index (χ3v) is 3.58. The van der Waals surface area contributed by atoms with Gasteiger partial charge in [-0.25, -0.2) is 0 Å². The molecule has 1 aliphatic rings. The summed E-state index contributed by atoms with van der Waals surface area (Å²) in [5.74, 6) is -1.02. The van der Waals surface area contributed by atoms with Crippen molar-refractivity contribution in [3.8, 4) is 0 Å². The van der Waals surface area contributed by atoms with Crippen molar-refractivity contribution < 1.29 is 19.1 Å². The molecule has 0 atom stereocenters. The van der Waals surface area contributed by atoms with E-state index in [-0.39, 0.29) is 0 Å². The second kappa shape index (κ2) is 4.80. The Morgan fingerprint density at radius 2 is 1.61 bits per heavy atom. The standard InChI is InChI=1S/C14H16O4/c1-17-12(15)14(13(16)18-2)8-7-10-5-3-4-6-11(10)9-14/h3-6H,7-9H2,1-2H3. The number of carbonyl (C=O) groups excluding carboxylic acids is 2. The van der Waals surface area contributed by atoms with Gasteiger partial charge in [0.2, 0.25) is 0 Å². The average molecular weight is 248 g/mol. The second-order valence-electron chi connectivity index (χ2n) is 4.51. The van der Waals surface area contributed by atoms with Gasteiger partial charge in [-0.1, -0.05) is 24.3 Å². The summed E-state index contributed by atoms with van der Waals surface area (Å²) < 4.78 is 9.58. The quantitative estimate of drug-likeness (QED) is 0.588. The van der Waals surface area contributed by atoms with Crippen LogP contribution < -0.4 is 0 Å². The number of methoxy groups -OCH3 is 2. The van der Waals surface area contributed by atoms with Gasteiger partial charge < -0.3 is 9.47 Å². The van der Waals surface area contributed by atoms with Crippen molar-refractivity contribution in [2.45, 2.75) is 19.3 Å². The Labute approximate surface area is 106 Å². The fourth-order valence-electron chi connectivity index (χ4n) is 2.56. The van der Waals surface area contributed by atoms with E-state index < -0.39 is 17.4 Å². The minimum Gasteiger partial charge on any atom is -0.468 e. The van der Waals surface area contributed by atoms with Crippen molar-refractivity contribution in [1.82, 2.24) is 0 Å². The fourth-order valence-corrected chi connectivity index (χ4v) is 2.56. The van der Waals surface area contributed by atoms with E-state index in [2.05, 4.69) is 0 Å². The van der Waals surface area contributed by atoms with E-state index in [0.29, 0.717) is 19.3 Å². The van der Waals surface area contributed by atoms with Crippen molar-refractivity contribution in [3.63, 3.8) is 0 Å². The zero-order valence-corrected chi connectivity index (χ0v) is 10.6. The molecule has 0 spiro atoms. The first-order valence-electron chi connectivity index (χ1n) is 5.87. The van der Waals surface area contributed by atoms with E-state index in [1.54, 1.807) is 0 Å². The minimum absolute atomic E-state index is 0.350. The molecule has 1 aliphatic carbocycles. The zero-order valence-electron chi connectivity index (χ0n) is 10.6. The molecule has 0 saturated carbocycles. The summed E-state index contributed by atoms with van der Waals surface area (Å²) in [6, 6.07) is 7.83. The van der Waals surface area contributed by atoms with Crippen LogP contribution in [-0.4, -0.2) is 26.2 Å². The van der Waals surface area contributed by atoms with Crippen LogP contribution in [0, 0.1) is 5.41 Å². The van der Waals surface area contributed by atoms with Gasteiger partial charge in [-0.2, -0.15) is 0 Å². The van der Waals surface area contributed by atoms with Gasteiger partial charge in [-0.15, -0.1) is 0 Å². The van der Waals surface area contributed by atoms with E-state index in [0.717, 1.165) is 5.56 Å². The number of rotatable bonds is 2.